The summed E-state index contributed by atoms with van der Waals surface area (Å²) in [6.45, 7) is 2.93. The molecule has 1 saturated heterocycles. The van der Waals surface area contributed by atoms with Crippen molar-refractivity contribution in [2.24, 2.45) is 5.41 Å². The second-order valence-electron chi connectivity index (χ2n) is 7.31. The Morgan fingerprint density at radius 1 is 1.26 bits per heavy atom. The highest BCUT2D eigenvalue weighted by Gasteiger charge is 2.57. The predicted molar refractivity (Wildman–Crippen MR) is 115 cm³/mol. The zero-order valence-corrected chi connectivity index (χ0v) is 17.8. The minimum absolute atomic E-state index is 0. The first-order valence-corrected chi connectivity index (χ1v) is 10.1. The third-order valence-corrected chi connectivity index (χ3v) is 6.43. The zero-order chi connectivity index (χ0) is 17.1. The molecule has 1 aliphatic carbocycles. The van der Waals surface area contributed by atoms with Crippen LogP contribution in [0.1, 0.15) is 36.9 Å². The SMILES string of the molecule is Cl.Cl.O=C(CCc1ccccn1)N(Cc1ccsc1)C1CC12CCNCC2. The summed E-state index contributed by atoms with van der Waals surface area (Å²) < 4.78 is 0. The minimum Gasteiger partial charge on any atom is -0.335 e. The fourth-order valence-electron chi connectivity index (χ4n) is 4.11. The highest BCUT2D eigenvalue weighted by molar-refractivity contribution is 7.07. The lowest BCUT2D eigenvalue weighted by atomic mass is 9.93. The van der Waals surface area contributed by atoms with Gasteiger partial charge in [-0.15, -0.1) is 24.8 Å². The number of thiophene rings is 1. The predicted octanol–water partition coefficient (Wildman–Crippen LogP) is 4.09. The first kappa shape index (κ1) is 22.2. The van der Waals surface area contributed by atoms with Crippen molar-refractivity contribution in [2.45, 2.75) is 44.7 Å². The summed E-state index contributed by atoms with van der Waals surface area (Å²) in [6.07, 6.45) is 6.64. The number of hydrogen-bond acceptors (Lipinski definition) is 4. The van der Waals surface area contributed by atoms with Crippen molar-refractivity contribution >= 4 is 42.1 Å². The standard InChI is InChI=1S/C20H25N3OS.2ClH/c24-19(5-4-17-3-1-2-9-22-17)23(14-16-6-12-25-15-16)18-13-20(18)7-10-21-11-8-20;;/h1-3,6,9,12,15,18,21H,4-5,7-8,10-11,13-14H2;2*1H. The maximum absolute atomic E-state index is 13.0. The van der Waals surface area contributed by atoms with Gasteiger partial charge in [-0.3, -0.25) is 9.78 Å². The van der Waals surface area contributed by atoms with E-state index in [0.29, 0.717) is 17.9 Å². The maximum atomic E-state index is 13.0. The number of nitrogens with zero attached hydrogens (tertiary/aromatic N) is 2. The quantitative estimate of drug-likeness (QED) is 0.754. The molecule has 0 aromatic carbocycles. The number of aryl methyl sites for hydroxylation is 1. The van der Waals surface area contributed by atoms with Crippen LogP contribution in [-0.2, 0) is 17.8 Å². The number of nitrogens with one attached hydrogen (secondary N) is 1. The molecule has 7 heteroatoms. The summed E-state index contributed by atoms with van der Waals surface area (Å²) >= 11 is 1.70. The van der Waals surface area contributed by atoms with Crippen molar-refractivity contribution in [2.75, 3.05) is 13.1 Å². The molecule has 2 fully saturated rings. The lowest BCUT2D eigenvalue weighted by molar-refractivity contribution is -0.133. The topological polar surface area (TPSA) is 45.2 Å². The van der Waals surface area contributed by atoms with Gasteiger partial charge in [0.2, 0.25) is 5.91 Å². The molecule has 1 aliphatic heterocycles. The zero-order valence-electron chi connectivity index (χ0n) is 15.3. The molecule has 1 spiro atoms. The lowest BCUT2D eigenvalue weighted by Gasteiger charge is -2.29. The average molecular weight is 428 g/mol. The van der Waals surface area contributed by atoms with E-state index in [1.165, 1.54) is 24.8 Å². The number of pyridine rings is 1. The summed E-state index contributed by atoms with van der Waals surface area (Å²) in [5.74, 6) is 0.275. The Labute approximate surface area is 177 Å². The van der Waals surface area contributed by atoms with Gasteiger partial charge < -0.3 is 10.2 Å². The largest absolute Gasteiger partial charge is 0.335 e. The number of aromatic nitrogens is 1. The van der Waals surface area contributed by atoms with Gasteiger partial charge >= 0.3 is 0 Å². The summed E-state index contributed by atoms with van der Waals surface area (Å²) in [4.78, 5) is 19.6. The Morgan fingerprint density at radius 3 is 2.74 bits per heavy atom. The number of piperidine rings is 1. The van der Waals surface area contributed by atoms with Crippen LogP contribution in [0.25, 0.3) is 0 Å². The van der Waals surface area contributed by atoms with E-state index in [1.807, 2.05) is 18.2 Å². The van der Waals surface area contributed by atoms with Crippen LogP contribution in [0.2, 0.25) is 0 Å². The Bertz CT molecular complexity index is 705. The van der Waals surface area contributed by atoms with Gasteiger partial charge in [-0.1, -0.05) is 6.07 Å². The van der Waals surface area contributed by atoms with Gasteiger partial charge in [-0.05, 0) is 78.7 Å². The van der Waals surface area contributed by atoms with E-state index in [9.17, 15) is 4.79 Å². The lowest BCUT2D eigenvalue weighted by Crippen LogP contribution is -2.39. The maximum Gasteiger partial charge on any atom is 0.223 e. The van der Waals surface area contributed by atoms with Gasteiger partial charge in [0.1, 0.15) is 0 Å². The highest BCUT2D eigenvalue weighted by atomic mass is 35.5. The molecule has 4 nitrogen and oxygen atoms in total. The molecule has 0 radical (unpaired) electrons. The fourth-order valence-corrected chi connectivity index (χ4v) is 4.76. The van der Waals surface area contributed by atoms with E-state index in [-0.39, 0.29) is 30.7 Å². The van der Waals surface area contributed by atoms with E-state index in [4.69, 9.17) is 0 Å². The first-order chi connectivity index (χ1) is 12.3. The molecule has 2 aliphatic rings. The van der Waals surface area contributed by atoms with Crippen molar-refractivity contribution < 1.29 is 4.79 Å². The van der Waals surface area contributed by atoms with Gasteiger partial charge in [-0.25, -0.2) is 0 Å². The van der Waals surface area contributed by atoms with Crippen molar-refractivity contribution in [3.05, 3.63) is 52.5 Å². The van der Waals surface area contributed by atoms with E-state index >= 15 is 0 Å². The Morgan fingerprint density at radius 2 is 2.07 bits per heavy atom. The molecule has 1 N–H and O–H groups in total. The van der Waals surface area contributed by atoms with Gasteiger partial charge in [0, 0.05) is 30.9 Å². The first-order valence-electron chi connectivity index (χ1n) is 9.18. The van der Waals surface area contributed by atoms with Crippen molar-refractivity contribution in [1.29, 1.82) is 0 Å². The normalized spacial score (nSPS) is 19.6. The Hall–Kier alpha value is -1.14. The Balaban J connectivity index is 0.00000131. The number of halogens is 2. The van der Waals surface area contributed by atoms with Gasteiger partial charge in [0.25, 0.3) is 0 Å². The third kappa shape index (κ3) is 5.23. The molecule has 0 bridgehead atoms. The molecule has 1 unspecified atom stereocenters. The molecule has 1 amide bonds. The van der Waals surface area contributed by atoms with E-state index in [0.717, 1.165) is 31.7 Å². The van der Waals surface area contributed by atoms with E-state index in [1.54, 1.807) is 17.5 Å². The van der Waals surface area contributed by atoms with Crippen LogP contribution in [0.3, 0.4) is 0 Å². The van der Waals surface area contributed by atoms with Crippen LogP contribution < -0.4 is 5.32 Å². The molecule has 1 atom stereocenters. The van der Waals surface area contributed by atoms with Crippen LogP contribution in [0.4, 0.5) is 0 Å². The summed E-state index contributed by atoms with van der Waals surface area (Å²) in [6, 6.07) is 8.47. The second-order valence-corrected chi connectivity index (χ2v) is 8.09. The second kappa shape index (κ2) is 9.87. The van der Waals surface area contributed by atoms with Crippen LogP contribution in [0.5, 0.6) is 0 Å². The molecular formula is C20H27Cl2N3OS. The molecule has 4 rings (SSSR count). The molecule has 27 heavy (non-hydrogen) atoms. The average Bonchev–Trinajstić information content (AvgIpc) is 3.08. The molecule has 2 aromatic heterocycles. The Kier molecular flexibility index (Phi) is 8.10. The van der Waals surface area contributed by atoms with Crippen LogP contribution in [-0.4, -0.2) is 34.9 Å². The van der Waals surface area contributed by atoms with Crippen LogP contribution >= 0.6 is 36.2 Å². The van der Waals surface area contributed by atoms with Gasteiger partial charge in [0.15, 0.2) is 0 Å². The molecule has 148 valence electrons. The van der Waals surface area contributed by atoms with E-state index in [2.05, 4.69) is 32.0 Å². The molecular weight excluding hydrogens is 401 g/mol. The summed E-state index contributed by atoms with van der Waals surface area (Å²) in [5, 5.41) is 7.71. The van der Waals surface area contributed by atoms with Crippen LogP contribution in [0.15, 0.2) is 41.2 Å². The minimum atomic E-state index is 0. The number of hydrogen-bond donors (Lipinski definition) is 1. The van der Waals surface area contributed by atoms with Crippen molar-refractivity contribution in [3.63, 3.8) is 0 Å². The monoisotopic (exact) mass is 427 g/mol. The third-order valence-electron chi connectivity index (χ3n) is 5.70. The van der Waals surface area contributed by atoms with E-state index < -0.39 is 0 Å². The van der Waals surface area contributed by atoms with Gasteiger partial charge in [0.05, 0.1) is 0 Å². The smallest absolute Gasteiger partial charge is 0.223 e. The van der Waals surface area contributed by atoms with Crippen LogP contribution in [0, 0.1) is 5.41 Å². The fraction of sp³-hybridized carbons (Fsp3) is 0.500. The molecule has 3 heterocycles. The number of carbonyl (C=O) groups excluding carboxylic acids is 1. The summed E-state index contributed by atoms with van der Waals surface area (Å²) in [7, 11) is 0. The highest BCUT2D eigenvalue weighted by Crippen LogP contribution is 2.56. The molecule has 1 saturated carbocycles. The van der Waals surface area contributed by atoms with Crippen molar-refractivity contribution in [3.8, 4) is 0 Å². The number of carbonyl (C=O) groups is 1. The summed E-state index contributed by atoms with van der Waals surface area (Å²) in [5.41, 5.74) is 2.63. The number of amides is 1. The molecule has 2 aromatic rings. The van der Waals surface area contributed by atoms with Gasteiger partial charge in [-0.2, -0.15) is 11.3 Å². The van der Waals surface area contributed by atoms with Crippen molar-refractivity contribution in [1.82, 2.24) is 15.2 Å². The number of rotatable bonds is 6.